The Morgan fingerprint density at radius 1 is 1.13 bits per heavy atom. The molecule has 8 nitrogen and oxygen atoms in total. The molecular weight excluding hydrogens is 619 g/mol. The number of esters is 1. The molecule has 1 aliphatic carbocycles. The van der Waals surface area contributed by atoms with Gasteiger partial charge in [-0.05, 0) is 64.0 Å². The zero-order valence-corrected chi connectivity index (χ0v) is 27.6. The minimum atomic E-state index is -4.58. The molecule has 2 heterocycles. The molecule has 4 rings (SSSR count). The first-order valence-electron chi connectivity index (χ1n) is 15.7. The van der Waals surface area contributed by atoms with E-state index in [-0.39, 0.29) is 29.6 Å². The van der Waals surface area contributed by atoms with Crippen LogP contribution in [0.2, 0.25) is 0 Å². The highest BCUT2D eigenvalue weighted by molar-refractivity contribution is 7.13. The lowest BCUT2D eigenvalue weighted by atomic mass is 9.77. The maximum atomic E-state index is 13.6. The van der Waals surface area contributed by atoms with Gasteiger partial charge >= 0.3 is 12.1 Å². The minimum Gasteiger partial charge on any atom is -0.496 e. The number of hydrogen-bond donors (Lipinski definition) is 0. The minimum absolute atomic E-state index is 0.0851. The summed E-state index contributed by atoms with van der Waals surface area (Å²) < 4.78 is 57.7. The highest BCUT2D eigenvalue weighted by Crippen LogP contribution is 2.40. The van der Waals surface area contributed by atoms with Gasteiger partial charge < -0.3 is 19.1 Å². The number of thiazole rings is 1. The predicted molar refractivity (Wildman–Crippen MR) is 172 cm³/mol. The molecule has 3 aromatic rings. The van der Waals surface area contributed by atoms with Crippen LogP contribution in [0.25, 0.3) is 21.6 Å². The van der Waals surface area contributed by atoms with E-state index in [9.17, 15) is 22.8 Å². The van der Waals surface area contributed by atoms with Crippen molar-refractivity contribution in [1.82, 2.24) is 14.9 Å². The van der Waals surface area contributed by atoms with E-state index >= 15 is 0 Å². The molecule has 0 radical (unpaired) electrons. The molecule has 250 valence electrons. The molecule has 2 aromatic heterocycles. The van der Waals surface area contributed by atoms with Crippen LogP contribution >= 0.6 is 11.3 Å². The fraction of sp³-hybridized carbons (Fsp3) is 0.529. The Kier molecular flexibility index (Phi) is 12.0. The monoisotopic (exact) mass is 661 g/mol. The van der Waals surface area contributed by atoms with Crippen molar-refractivity contribution in [2.24, 2.45) is 11.8 Å². The van der Waals surface area contributed by atoms with Gasteiger partial charge in [-0.25, -0.2) is 9.97 Å². The summed E-state index contributed by atoms with van der Waals surface area (Å²) in [5.41, 5.74) is 0.448. The lowest BCUT2D eigenvalue weighted by Gasteiger charge is -2.36. The molecule has 0 N–H and O–H groups in total. The first-order chi connectivity index (χ1) is 22.0. The molecular formula is C34H42F3N3O5S. The number of alkyl halides is 3. The van der Waals surface area contributed by atoms with Crippen LogP contribution in [-0.4, -0.2) is 60.2 Å². The predicted octanol–water partition coefficient (Wildman–Crippen LogP) is 8.02. The standard InChI is InChI=1S/C34H42F3N3O5S/c1-6-8-10-11-16-40(4)32(41)23-13-12-22(18-25(23)33(42)44-17-9-7-2)45-28-19-26(31-39-29(20-46-31)34(35,36)37)38-30-21(3)27(43-5)15-14-24(28)30/h6,14-15,19-20,22-23,25H,1,7-13,16-18H2,2-5H3/t22-,23+,25+/m0/s1. The van der Waals surface area contributed by atoms with Crippen molar-refractivity contribution >= 4 is 34.1 Å². The topological polar surface area (TPSA) is 90.9 Å². The molecule has 3 atom stereocenters. The van der Waals surface area contributed by atoms with Crippen LogP contribution in [0.4, 0.5) is 13.2 Å². The van der Waals surface area contributed by atoms with Crippen molar-refractivity contribution in [3.8, 4) is 22.2 Å². The van der Waals surface area contributed by atoms with E-state index in [1.807, 2.05) is 19.9 Å². The van der Waals surface area contributed by atoms with Crippen molar-refractivity contribution in [3.63, 3.8) is 0 Å². The number of carbonyl (C=O) groups is 2. The van der Waals surface area contributed by atoms with Crippen LogP contribution in [0.3, 0.4) is 0 Å². The number of allylic oxidation sites excluding steroid dienone is 1. The second kappa shape index (κ2) is 15.8. The Hall–Kier alpha value is -3.67. The zero-order valence-electron chi connectivity index (χ0n) is 26.8. The Bertz CT molecular complexity index is 1530. The van der Waals surface area contributed by atoms with E-state index in [1.165, 1.54) is 7.11 Å². The van der Waals surface area contributed by atoms with E-state index in [1.54, 1.807) is 30.1 Å². The van der Waals surface area contributed by atoms with E-state index in [4.69, 9.17) is 14.2 Å². The van der Waals surface area contributed by atoms with Crippen molar-refractivity contribution < 1.29 is 37.0 Å². The van der Waals surface area contributed by atoms with Crippen molar-refractivity contribution in [3.05, 3.63) is 47.5 Å². The Morgan fingerprint density at radius 2 is 1.91 bits per heavy atom. The average Bonchev–Trinajstić information content (AvgIpc) is 3.55. The average molecular weight is 662 g/mol. The van der Waals surface area contributed by atoms with Gasteiger partial charge in [0.2, 0.25) is 5.91 Å². The third-order valence-corrected chi connectivity index (χ3v) is 9.23. The molecule has 0 bridgehead atoms. The summed E-state index contributed by atoms with van der Waals surface area (Å²) in [6.07, 6.45) is 2.24. The highest BCUT2D eigenvalue weighted by Gasteiger charge is 2.42. The third kappa shape index (κ3) is 8.37. The van der Waals surface area contributed by atoms with E-state index in [0.717, 1.165) is 48.8 Å². The number of nitrogens with zero attached hydrogens (tertiary/aromatic N) is 3. The fourth-order valence-corrected chi connectivity index (χ4v) is 6.54. The second-order valence-electron chi connectivity index (χ2n) is 11.7. The number of halogens is 3. The van der Waals surface area contributed by atoms with Crippen molar-refractivity contribution in [2.75, 3.05) is 27.3 Å². The SMILES string of the molecule is C=CCCCCN(C)C(=O)[C@@H]1CC[C@H](Oc2cc(-c3nc(C(F)(F)F)cs3)nc3c(C)c(OC)ccc23)C[C@H]1C(=O)OCCCC. The summed E-state index contributed by atoms with van der Waals surface area (Å²) in [7, 11) is 3.30. The van der Waals surface area contributed by atoms with Gasteiger partial charge in [0.25, 0.3) is 0 Å². The number of fused-ring (bicyclic) bond motifs is 1. The van der Waals surface area contributed by atoms with Gasteiger partial charge in [-0.1, -0.05) is 19.4 Å². The molecule has 46 heavy (non-hydrogen) atoms. The lowest BCUT2D eigenvalue weighted by molar-refractivity contribution is -0.158. The fourth-order valence-electron chi connectivity index (χ4n) is 5.76. The van der Waals surface area contributed by atoms with Gasteiger partial charge in [-0.2, -0.15) is 13.2 Å². The van der Waals surface area contributed by atoms with Crippen LogP contribution < -0.4 is 9.47 Å². The number of amides is 1. The number of pyridine rings is 1. The van der Waals surface area contributed by atoms with Crippen LogP contribution in [0.15, 0.2) is 36.2 Å². The van der Waals surface area contributed by atoms with Gasteiger partial charge in [-0.15, -0.1) is 17.9 Å². The number of ether oxygens (including phenoxy) is 3. The first-order valence-corrected chi connectivity index (χ1v) is 16.6. The van der Waals surface area contributed by atoms with Crippen molar-refractivity contribution in [2.45, 2.75) is 77.5 Å². The Balaban J connectivity index is 1.64. The number of benzene rings is 1. The van der Waals surface area contributed by atoms with Crippen LogP contribution in [0, 0.1) is 18.8 Å². The van der Waals surface area contributed by atoms with E-state index in [0.29, 0.717) is 47.4 Å². The summed E-state index contributed by atoms with van der Waals surface area (Å²) in [5.74, 6) is -0.753. The number of aromatic nitrogens is 2. The van der Waals surface area contributed by atoms with Crippen molar-refractivity contribution in [1.29, 1.82) is 0 Å². The zero-order chi connectivity index (χ0) is 33.4. The lowest BCUT2D eigenvalue weighted by Crippen LogP contribution is -2.45. The summed E-state index contributed by atoms with van der Waals surface area (Å²) in [6, 6.07) is 5.17. The van der Waals surface area contributed by atoms with Crippen LogP contribution in [-0.2, 0) is 20.5 Å². The number of aryl methyl sites for hydroxylation is 1. The molecule has 0 spiro atoms. The largest absolute Gasteiger partial charge is 0.496 e. The molecule has 1 amide bonds. The number of rotatable bonds is 14. The van der Waals surface area contributed by atoms with Gasteiger partial charge in [-0.3, -0.25) is 9.59 Å². The van der Waals surface area contributed by atoms with E-state index in [2.05, 4.69) is 16.5 Å². The van der Waals surface area contributed by atoms with Crippen LogP contribution in [0.1, 0.15) is 69.5 Å². The second-order valence-corrected chi connectivity index (χ2v) is 12.5. The Labute approximate surface area is 272 Å². The molecule has 0 saturated heterocycles. The highest BCUT2D eigenvalue weighted by atomic mass is 32.1. The molecule has 1 fully saturated rings. The molecule has 12 heteroatoms. The number of methoxy groups -OCH3 is 1. The smallest absolute Gasteiger partial charge is 0.434 e. The quantitative estimate of drug-likeness (QED) is 0.0982. The Morgan fingerprint density at radius 3 is 2.59 bits per heavy atom. The summed E-state index contributed by atoms with van der Waals surface area (Å²) >= 11 is 0.848. The van der Waals surface area contributed by atoms with Gasteiger partial charge in [0.15, 0.2) is 5.69 Å². The normalized spacial score (nSPS) is 18.3. The van der Waals surface area contributed by atoms with E-state index < -0.39 is 35.8 Å². The summed E-state index contributed by atoms with van der Waals surface area (Å²) in [5, 5.41) is 1.71. The maximum absolute atomic E-state index is 13.6. The van der Waals surface area contributed by atoms with Crippen LogP contribution in [0.5, 0.6) is 11.5 Å². The molecule has 1 aliphatic rings. The summed E-state index contributed by atoms with van der Waals surface area (Å²) in [6.45, 7) is 8.43. The molecule has 1 aromatic carbocycles. The number of carbonyl (C=O) groups excluding carboxylic acids is 2. The first kappa shape index (κ1) is 35.2. The molecule has 0 aliphatic heterocycles. The third-order valence-electron chi connectivity index (χ3n) is 8.37. The number of unbranched alkanes of at least 4 members (excludes halogenated alkanes) is 3. The van der Waals surface area contributed by atoms with Gasteiger partial charge in [0, 0.05) is 36.0 Å². The van der Waals surface area contributed by atoms with Gasteiger partial charge in [0.05, 0.1) is 37.2 Å². The summed E-state index contributed by atoms with van der Waals surface area (Å²) in [4.78, 5) is 37.1. The molecule has 1 saturated carbocycles. The van der Waals surface area contributed by atoms with Gasteiger partial charge in [0.1, 0.15) is 22.2 Å². The molecule has 0 unspecified atom stereocenters. The maximum Gasteiger partial charge on any atom is 0.434 e. The number of hydrogen-bond acceptors (Lipinski definition) is 8.